The molecular formula is C18H14Cl2N4O2. The number of benzene rings is 2. The maximum atomic E-state index is 10.8. The van der Waals surface area contributed by atoms with Crippen molar-refractivity contribution in [2.45, 2.75) is 0 Å². The molecule has 3 rings (SSSR count). The number of nitrogens with one attached hydrogen (secondary N) is 2. The average molecular weight is 389 g/mol. The van der Waals surface area contributed by atoms with Gasteiger partial charge in [-0.1, -0.05) is 53.5 Å². The fourth-order valence-electron chi connectivity index (χ4n) is 2.23. The van der Waals surface area contributed by atoms with Crippen LogP contribution in [0.25, 0.3) is 11.3 Å². The minimum absolute atomic E-state index is 0.196. The lowest BCUT2D eigenvalue weighted by molar-refractivity contribution is -0.134. The summed E-state index contributed by atoms with van der Waals surface area (Å²) in [7, 11) is 0. The molecule has 0 aliphatic heterocycles. The average Bonchev–Trinajstić information content (AvgIpc) is 2.63. The van der Waals surface area contributed by atoms with Crippen LogP contribution >= 0.6 is 23.2 Å². The largest absolute Gasteiger partial charge is 0.480 e. The van der Waals surface area contributed by atoms with Gasteiger partial charge in [-0.15, -0.1) is 0 Å². The van der Waals surface area contributed by atoms with Crippen molar-refractivity contribution < 1.29 is 9.90 Å². The zero-order valence-corrected chi connectivity index (χ0v) is 14.9. The number of anilines is 3. The SMILES string of the molecule is O=C(O)CNc1nc(Nc2ccc(Cl)cc2Cl)cc(-c2ccccc2)n1. The standard InChI is InChI=1S/C18H14Cl2N4O2/c19-12-6-7-14(13(20)8-12)22-16-9-15(11-4-2-1-3-5-11)23-18(24-16)21-10-17(25)26/h1-9H,10H2,(H,25,26)(H2,21,22,23,24). The highest BCUT2D eigenvalue weighted by atomic mass is 35.5. The lowest BCUT2D eigenvalue weighted by Gasteiger charge is -2.12. The lowest BCUT2D eigenvalue weighted by Crippen LogP contribution is -2.15. The Morgan fingerprint density at radius 1 is 1.04 bits per heavy atom. The first-order valence-electron chi connectivity index (χ1n) is 7.63. The molecule has 0 spiro atoms. The smallest absolute Gasteiger partial charge is 0.322 e. The molecule has 3 N–H and O–H groups in total. The number of carboxylic acids is 1. The summed E-state index contributed by atoms with van der Waals surface area (Å²) in [6, 6.07) is 16.3. The lowest BCUT2D eigenvalue weighted by atomic mass is 10.1. The van der Waals surface area contributed by atoms with Crippen LogP contribution in [0, 0.1) is 0 Å². The monoisotopic (exact) mass is 388 g/mol. The zero-order valence-electron chi connectivity index (χ0n) is 13.4. The van der Waals surface area contributed by atoms with Crippen molar-refractivity contribution >= 4 is 46.6 Å². The molecule has 0 aliphatic carbocycles. The predicted molar refractivity (Wildman–Crippen MR) is 103 cm³/mol. The van der Waals surface area contributed by atoms with E-state index in [1.807, 2.05) is 30.3 Å². The fraction of sp³-hybridized carbons (Fsp3) is 0.0556. The highest BCUT2D eigenvalue weighted by Gasteiger charge is 2.10. The Balaban J connectivity index is 1.97. The maximum Gasteiger partial charge on any atom is 0.322 e. The first-order chi connectivity index (χ1) is 12.5. The molecule has 132 valence electrons. The van der Waals surface area contributed by atoms with E-state index in [0.29, 0.717) is 27.2 Å². The Bertz CT molecular complexity index is 936. The van der Waals surface area contributed by atoms with Crippen LogP contribution in [0.3, 0.4) is 0 Å². The molecule has 0 radical (unpaired) electrons. The van der Waals surface area contributed by atoms with Crippen molar-refractivity contribution in [2.75, 3.05) is 17.2 Å². The van der Waals surface area contributed by atoms with Gasteiger partial charge in [-0.25, -0.2) is 4.98 Å². The summed E-state index contributed by atoms with van der Waals surface area (Å²) in [6.07, 6.45) is 0. The normalized spacial score (nSPS) is 10.4. The summed E-state index contributed by atoms with van der Waals surface area (Å²) in [6.45, 7) is -0.292. The summed E-state index contributed by atoms with van der Waals surface area (Å²) in [5.74, 6) is -0.341. The van der Waals surface area contributed by atoms with E-state index in [2.05, 4.69) is 20.6 Å². The van der Waals surface area contributed by atoms with Crippen LogP contribution in [0.4, 0.5) is 17.5 Å². The maximum absolute atomic E-state index is 10.8. The number of halogens is 2. The van der Waals surface area contributed by atoms with Crippen molar-refractivity contribution in [3.63, 3.8) is 0 Å². The molecule has 3 aromatic rings. The summed E-state index contributed by atoms with van der Waals surface area (Å²) in [5, 5.41) is 15.6. The number of carboxylic acid groups (broad SMARTS) is 1. The van der Waals surface area contributed by atoms with Gasteiger partial charge in [0.2, 0.25) is 5.95 Å². The van der Waals surface area contributed by atoms with Gasteiger partial charge in [-0.2, -0.15) is 4.98 Å². The van der Waals surface area contributed by atoms with E-state index in [0.717, 1.165) is 5.56 Å². The molecule has 0 bridgehead atoms. The molecule has 8 heteroatoms. The van der Waals surface area contributed by atoms with E-state index >= 15 is 0 Å². The van der Waals surface area contributed by atoms with Gasteiger partial charge >= 0.3 is 5.97 Å². The third-order valence-corrected chi connectivity index (χ3v) is 3.94. The van der Waals surface area contributed by atoms with Gasteiger partial charge < -0.3 is 15.7 Å². The Morgan fingerprint density at radius 3 is 2.50 bits per heavy atom. The molecule has 0 aliphatic rings. The Morgan fingerprint density at radius 2 is 1.81 bits per heavy atom. The molecule has 26 heavy (non-hydrogen) atoms. The number of hydrogen-bond acceptors (Lipinski definition) is 5. The first-order valence-corrected chi connectivity index (χ1v) is 8.39. The van der Waals surface area contributed by atoms with Crippen molar-refractivity contribution in [3.8, 4) is 11.3 Å². The molecule has 0 unspecified atom stereocenters. The van der Waals surface area contributed by atoms with E-state index < -0.39 is 5.97 Å². The van der Waals surface area contributed by atoms with Gasteiger partial charge in [-0.3, -0.25) is 4.79 Å². The van der Waals surface area contributed by atoms with E-state index in [1.54, 1.807) is 24.3 Å². The number of nitrogens with zero attached hydrogens (tertiary/aromatic N) is 2. The summed E-state index contributed by atoms with van der Waals surface area (Å²) in [5.41, 5.74) is 2.14. The fourth-order valence-corrected chi connectivity index (χ4v) is 2.69. The Labute approximate surface area is 159 Å². The van der Waals surface area contributed by atoms with Crippen LogP contribution in [0.15, 0.2) is 54.6 Å². The van der Waals surface area contributed by atoms with E-state index in [9.17, 15) is 4.79 Å². The van der Waals surface area contributed by atoms with Gasteiger partial charge in [-0.05, 0) is 18.2 Å². The van der Waals surface area contributed by atoms with Crippen LogP contribution in [-0.4, -0.2) is 27.6 Å². The topological polar surface area (TPSA) is 87.1 Å². The minimum Gasteiger partial charge on any atom is -0.480 e. The van der Waals surface area contributed by atoms with Gasteiger partial charge in [0.1, 0.15) is 12.4 Å². The van der Waals surface area contributed by atoms with E-state index in [4.69, 9.17) is 28.3 Å². The summed E-state index contributed by atoms with van der Waals surface area (Å²) < 4.78 is 0. The molecule has 2 aromatic carbocycles. The Hall–Kier alpha value is -2.83. The van der Waals surface area contributed by atoms with Crippen LogP contribution in [0.2, 0.25) is 10.0 Å². The van der Waals surface area contributed by atoms with Gasteiger partial charge in [0.15, 0.2) is 0 Å². The molecule has 0 saturated heterocycles. The second-order valence-corrected chi connectivity index (χ2v) is 6.17. The van der Waals surface area contributed by atoms with Crippen molar-refractivity contribution in [2.24, 2.45) is 0 Å². The second kappa shape index (κ2) is 8.03. The molecule has 1 aromatic heterocycles. The number of rotatable bonds is 6. The quantitative estimate of drug-likeness (QED) is 0.567. The minimum atomic E-state index is -1.01. The van der Waals surface area contributed by atoms with E-state index in [1.165, 1.54) is 0 Å². The highest BCUT2D eigenvalue weighted by Crippen LogP contribution is 2.29. The Kier molecular flexibility index (Phi) is 5.55. The van der Waals surface area contributed by atoms with Crippen molar-refractivity contribution in [3.05, 3.63) is 64.6 Å². The number of hydrogen-bond donors (Lipinski definition) is 3. The van der Waals surface area contributed by atoms with Crippen LogP contribution in [0.1, 0.15) is 0 Å². The second-order valence-electron chi connectivity index (χ2n) is 5.32. The summed E-state index contributed by atoms with van der Waals surface area (Å²) in [4.78, 5) is 19.5. The molecule has 0 fully saturated rings. The van der Waals surface area contributed by atoms with Crippen LogP contribution in [-0.2, 0) is 4.79 Å². The van der Waals surface area contributed by atoms with Crippen LogP contribution in [0.5, 0.6) is 0 Å². The third-order valence-electron chi connectivity index (χ3n) is 3.39. The number of carbonyl (C=O) groups is 1. The number of aliphatic carboxylic acids is 1. The molecule has 1 heterocycles. The molecule has 6 nitrogen and oxygen atoms in total. The molecular weight excluding hydrogens is 375 g/mol. The van der Waals surface area contributed by atoms with Crippen molar-refractivity contribution in [1.29, 1.82) is 0 Å². The van der Waals surface area contributed by atoms with E-state index in [-0.39, 0.29) is 12.5 Å². The molecule has 0 amide bonds. The molecule has 0 saturated carbocycles. The van der Waals surface area contributed by atoms with Gasteiger partial charge in [0.05, 0.1) is 16.4 Å². The zero-order chi connectivity index (χ0) is 18.5. The van der Waals surface area contributed by atoms with Crippen LogP contribution < -0.4 is 10.6 Å². The molecule has 0 atom stereocenters. The van der Waals surface area contributed by atoms with Gasteiger partial charge in [0.25, 0.3) is 0 Å². The predicted octanol–water partition coefficient (Wildman–Crippen LogP) is 4.69. The third kappa shape index (κ3) is 4.62. The van der Waals surface area contributed by atoms with Gasteiger partial charge in [0, 0.05) is 16.7 Å². The first kappa shape index (κ1) is 18.0. The highest BCUT2D eigenvalue weighted by molar-refractivity contribution is 6.36. The van der Waals surface area contributed by atoms with Crippen molar-refractivity contribution in [1.82, 2.24) is 9.97 Å². The summed E-state index contributed by atoms with van der Waals surface area (Å²) >= 11 is 12.1. The number of aromatic nitrogens is 2.